The zero-order valence-electron chi connectivity index (χ0n) is 14.9. The van der Waals surface area contributed by atoms with Crippen LogP contribution in [-0.4, -0.2) is 62.2 Å². The number of carbonyl (C=O) groups is 1. The molecule has 1 aromatic carbocycles. The molecule has 8 nitrogen and oxygen atoms in total. The Morgan fingerprint density at radius 3 is 2.48 bits per heavy atom. The van der Waals surface area contributed by atoms with Crippen LogP contribution in [0, 0.1) is 0 Å². The molecule has 1 aromatic heterocycles. The van der Waals surface area contributed by atoms with Crippen LogP contribution >= 0.6 is 0 Å². The van der Waals surface area contributed by atoms with Gasteiger partial charge in [-0.3, -0.25) is 4.79 Å². The average molecular weight is 345 g/mol. The lowest BCUT2D eigenvalue weighted by Crippen LogP contribution is -2.31. The molecule has 1 heterocycles. The molecule has 1 amide bonds. The molecule has 8 heteroatoms. The topological polar surface area (TPSA) is 88.6 Å². The number of nitrogens with one attached hydrogen (secondary N) is 2. The van der Waals surface area contributed by atoms with Crippen LogP contribution in [0.1, 0.15) is 10.4 Å². The molecule has 0 aliphatic heterocycles. The van der Waals surface area contributed by atoms with E-state index in [2.05, 4.69) is 20.6 Å². The highest BCUT2D eigenvalue weighted by molar-refractivity contribution is 5.93. The van der Waals surface area contributed by atoms with E-state index in [1.54, 1.807) is 26.4 Å². The van der Waals surface area contributed by atoms with Crippen molar-refractivity contribution < 1.29 is 14.3 Å². The maximum absolute atomic E-state index is 12.0. The molecule has 0 unspecified atom stereocenters. The third-order valence-electron chi connectivity index (χ3n) is 3.41. The van der Waals surface area contributed by atoms with Gasteiger partial charge in [0.2, 0.25) is 5.95 Å². The first kappa shape index (κ1) is 18.5. The van der Waals surface area contributed by atoms with Crippen molar-refractivity contribution in [1.29, 1.82) is 0 Å². The fraction of sp³-hybridized carbons (Fsp3) is 0.353. The minimum absolute atomic E-state index is 0.199. The largest absolute Gasteiger partial charge is 0.497 e. The second-order valence-corrected chi connectivity index (χ2v) is 5.55. The van der Waals surface area contributed by atoms with Crippen LogP contribution in [0.5, 0.6) is 11.5 Å². The summed E-state index contributed by atoms with van der Waals surface area (Å²) >= 11 is 0. The van der Waals surface area contributed by atoms with Gasteiger partial charge in [-0.1, -0.05) is 0 Å². The SMILES string of the molecule is COc1ccc(Nc2ncc(C(=O)NCCN(C)C)cn2)c(OC)c1. The maximum atomic E-state index is 12.0. The molecule has 2 aromatic rings. The van der Waals surface area contributed by atoms with E-state index in [1.807, 2.05) is 25.1 Å². The summed E-state index contributed by atoms with van der Waals surface area (Å²) in [4.78, 5) is 22.3. The van der Waals surface area contributed by atoms with Crippen molar-refractivity contribution in [3.63, 3.8) is 0 Å². The van der Waals surface area contributed by atoms with Gasteiger partial charge in [-0.25, -0.2) is 9.97 Å². The number of amides is 1. The van der Waals surface area contributed by atoms with Crippen LogP contribution < -0.4 is 20.1 Å². The number of likely N-dealkylation sites (N-methyl/N-ethyl adjacent to an activating group) is 1. The van der Waals surface area contributed by atoms with E-state index < -0.39 is 0 Å². The number of ether oxygens (including phenoxy) is 2. The zero-order chi connectivity index (χ0) is 18.2. The summed E-state index contributed by atoms with van der Waals surface area (Å²) in [5, 5.41) is 5.87. The molecule has 0 spiro atoms. The summed E-state index contributed by atoms with van der Waals surface area (Å²) in [5.41, 5.74) is 1.11. The quantitative estimate of drug-likeness (QED) is 0.750. The Balaban J connectivity index is 2.02. The summed E-state index contributed by atoms with van der Waals surface area (Å²) in [6, 6.07) is 5.37. The van der Waals surface area contributed by atoms with Crippen molar-refractivity contribution in [2.75, 3.05) is 46.7 Å². The van der Waals surface area contributed by atoms with Gasteiger partial charge in [-0.05, 0) is 26.2 Å². The maximum Gasteiger partial charge on any atom is 0.254 e. The lowest BCUT2D eigenvalue weighted by Gasteiger charge is -2.12. The zero-order valence-corrected chi connectivity index (χ0v) is 14.9. The summed E-state index contributed by atoms with van der Waals surface area (Å²) in [7, 11) is 7.06. The Labute approximate surface area is 147 Å². The van der Waals surface area contributed by atoms with E-state index >= 15 is 0 Å². The van der Waals surface area contributed by atoms with Crippen molar-refractivity contribution >= 4 is 17.5 Å². The Morgan fingerprint density at radius 1 is 1.16 bits per heavy atom. The highest BCUT2D eigenvalue weighted by atomic mass is 16.5. The van der Waals surface area contributed by atoms with E-state index in [9.17, 15) is 4.79 Å². The predicted molar refractivity (Wildman–Crippen MR) is 95.7 cm³/mol. The molecule has 2 rings (SSSR count). The molecule has 0 aliphatic rings. The standard InChI is InChI=1S/C17H23N5O3/c1-22(2)8-7-18-16(23)12-10-19-17(20-11-12)21-14-6-5-13(24-3)9-15(14)25-4/h5-6,9-11H,7-8H2,1-4H3,(H,18,23)(H,19,20,21). The third-order valence-corrected chi connectivity index (χ3v) is 3.41. The molecular formula is C17H23N5O3. The lowest BCUT2D eigenvalue weighted by atomic mass is 10.2. The van der Waals surface area contributed by atoms with Gasteiger partial charge in [0.1, 0.15) is 11.5 Å². The van der Waals surface area contributed by atoms with E-state index in [0.717, 1.165) is 6.54 Å². The summed E-state index contributed by atoms with van der Waals surface area (Å²) in [6.07, 6.45) is 2.96. The van der Waals surface area contributed by atoms with Crippen LogP contribution in [0.2, 0.25) is 0 Å². The Morgan fingerprint density at radius 2 is 1.88 bits per heavy atom. The Hall–Kier alpha value is -2.87. The number of carbonyl (C=O) groups excluding carboxylic acids is 1. The van der Waals surface area contributed by atoms with Crippen molar-refractivity contribution in [3.8, 4) is 11.5 Å². The van der Waals surface area contributed by atoms with Crippen molar-refractivity contribution in [1.82, 2.24) is 20.2 Å². The van der Waals surface area contributed by atoms with Gasteiger partial charge in [0, 0.05) is 31.5 Å². The molecule has 134 valence electrons. The van der Waals surface area contributed by atoms with Crippen molar-refractivity contribution in [2.24, 2.45) is 0 Å². The van der Waals surface area contributed by atoms with E-state index in [0.29, 0.717) is 35.2 Å². The number of aromatic nitrogens is 2. The number of hydrogen-bond donors (Lipinski definition) is 2. The molecule has 0 saturated carbocycles. The third kappa shape index (κ3) is 5.32. The second-order valence-electron chi connectivity index (χ2n) is 5.55. The number of methoxy groups -OCH3 is 2. The average Bonchev–Trinajstić information content (AvgIpc) is 2.62. The fourth-order valence-electron chi connectivity index (χ4n) is 2.03. The van der Waals surface area contributed by atoms with E-state index in [-0.39, 0.29) is 5.91 Å². The summed E-state index contributed by atoms with van der Waals surface area (Å²) in [5.74, 6) is 1.46. The summed E-state index contributed by atoms with van der Waals surface area (Å²) < 4.78 is 10.5. The van der Waals surface area contributed by atoms with Gasteiger partial charge in [0.25, 0.3) is 5.91 Å². The van der Waals surface area contributed by atoms with Gasteiger partial charge in [-0.2, -0.15) is 0 Å². The number of anilines is 2. The minimum Gasteiger partial charge on any atom is -0.497 e. The van der Waals surface area contributed by atoms with E-state index in [4.69, 9.17) is 9.47 Å². The van der Waals surface area contributed by atoms with Gasteiger partial charge in [0.15, 0.2) is 0 Å². The Bertz CT molecular complexity index is 704. The number of nitrogens with zero attached hydrogens (tertiary/aromatic N) is 3. The number of hydrogen-bond acceptors (Lipinski definition) is 7. The van der Waals surface area contributed by atoms with Gasteiger partial charge < -0.3 is 25.0 Å². The number of benzene rings is 1. The molecule has 0 atom stereocenters. The second kappa shape index (κ2) is 8.84. The molecule has 0 fully saturated rings. The van der Waals surface area contributed by atoms with Crippen LogP contribution in [0.15, 0.2) is 30.6 Å². The van der Waals surface area contributed by atoms with Gasteiger partial charge in [0.05, 0.1) is 25.5 Å². The van der Waals surface area contributed by atoms with Crippen LogP contribution in [0.3, 0.4) is 0 Å². The molecule has 0 saturated heterocycles. The molecule has 25 heavy (non-hydrogen) atoms. The fourth-order valence-corrected chi connectivity index (χ4v) is 2.03. The first-order valence-electron chi connectivity index (χ1n) is 7.77. The lowest BCUT2D eigenvalue weighted by molar-refractivity contribution is 0.0950. The highest BCUT2D eigenvalue weighted by Gasteiger charge is 2.09. The predicted octanol–water partition coefficient (Wildman–Crippen LogP) is 1.53. The molecule has 2 N–H and O–H groups in total. The Kier molecular flexibility index (Phi) is 6.53. The molecule has 0 radical (unpaired) electrons. The van der Waals surface area contributed by atoms with Crippen LogP contribution in [-0.2, 0) is 0 Å². The first-order chi connectivity index (χ1) is 12.0. The molecule has 0 aliphatic carbocycles. The smallest absolute Gasteiger partial charge is 0.254 e. The summed E-state index contributed by atoms with van der Waals surface area (Å²) in [6.45, 7) is 1.33. The van der Waals surface area contributed by atoms with Crippen molar-refractivity contribution in [2.45, 2.75) is 0 Å². The number of rotatable bonds is 8. The van der Waals surface area contributed by atoms with Crippen LogP contribution in [0.4, 0.5) is 11.6 Å². The monoisotopic (exact) mass is 345 g/mol. The normalized spacial score (nSPS) is 10.4. The highest BCUT2D eigenvalue weighted by Crippen LogP contribution is 2.30. The first-order valence-corrected chi connectivity index (χ1v) is 7.77. The van der Waals surface area contributed by atoms with Gasteiger partial charge in [-0.15, -0.1) is 0 Å². The molecular weight excluding hydrogens is 322 g/mol. The van der Waals surface area contributed by atoms with Crippen molar-refractivity contribution in [3.05, 3.63) is 36.2 Å². The van der Waals surface area contributed by atoms with Crippen LogP contribution in [0.25, 0.3) is 0 Å². The minimum atomic E-state index is -0.199. The molecule has 0 bridgehead atoms. The van der Waals surface area contributed by atoms with E-state index in [1.165, 1.54) is 12.4 Å². The van der Waals surface area contributed by atoms with Gasteiger partial charge >= 0.3 is 0 Å².